The molecule has 1 amide bonds. The highest BCUT2D eigenvalue weighted by Crippen LogP contribution is 2.34. The third-order valence-electron chi connectivity index (χ3n) is 6.01. The molecule has 0 bridgehead atoms. The van der Waals surface area contributed by atoms with Crippen LogP contribution in [0.1, 0.15) is 50.2 Å². The van der Waals surface area contributed by atoms with E-state index in [-0.39, 0.29) is 11.5 Å². The Morgan fingerprint density at radius 1 is 1.18 bits per heavy atom. The minimum Gasteiger partial charge on any atom is -0.378 e. The second-order valence-electron chi connectivity index (χ2n) is 8.39. The van der Waals surface area contributed by atoms with E-state index < -0.39 is 0 Å². The number of pyridine rings is 1. The van der Waals surface area contributed by atoms with E-state index in [0.29, 0.717) is 59.1 Å². The Bertz CT molecular complexity index is 1140. The van der Waals surface area contributed by atoms with E-state index in [1.807, 2.05) is 19.1 Å². The number of morpholine rings is 1. The number of hydrogen-bond donors (Lipinski definition) is 0. The van der Waals surface area contributed by atoms with E-state index >= 15 is 0 Å². The van der Waals surface area contributed by atoms with Crippen molar-refractivity contribution in [2.45, 2.75) is 46.0 Å². The van der Waals surface area contributed by atoms with Crippen molar-refractivity contribution in [3.63, 3.8) is 0 Å². The van der Waals surface area contributed by atoms with Crippen LogP contribution in [0.5, 0.6) is 0 Å². The maximum absolute atomic E-state index is 13.5. The zero-order valence-electron chi connectivity index (χ0n) is 19.2. The Morgan fingerprint density at radius 3 is 2.70 bits per heavy atom. The molecule has 2 saturated heterocycles. The van der Waals surface area contributed by atoms with Crippen LogP contribution in [0.2, 0.25) is 0 Å². The number of amides is 1. The number of carbonyl (C=O) groups is 1. The second kappa shape index (κ2) is 10.8. The van der Waals surface area contributed by atoms with E-state index in [0.717, 1.165) is 18.4 Å². The third-order valence-corrected chi connectivity index (χ3v) is 7.39. The Morgan fingerprint density at radius 2 is 1.94 bits per heavy atom. The first-order valence-corrected chi connectivity index (χ1v) is 12.8. The predicted molar refractivity (Wildman–Crippen MR) is 138 cm³/mol. The fraction of sp³-hybridized carbons (Fsp3) is 0.500. The molecule has 176 valence electrons. The molecule has 4 rings (SSSR count). The van der Waals surface area contributed by atoms with Gasteiger partial charge in [-0.1, -0.05) is 62.7 Å². The Balaban J connectivity index is 1.68. The molecule has 2 aliphatic rings. The topological polar surface area (TPSA) is 67.2 Å². The van der Waals surface area contributed by atoms with Gasteiger partial charge in [0.15, 0.2) is 0 Å². The van der Waals surface area contributed by atoms with Crippen LogP contribution in [0.3, 0.4) is 0 Å². The lowest BCUT2D eigenvalue weighted by atomic mass is 10.1. The summed E-state index contributed by atoms with van der Waals surface area (Å²) in [5.74, 6) is 0.476. The molecule has 0 N–H and O–H groups in total. The van der Waals surface area contributed by atoms with E-state index in [1.54, 1.807) is 21.6 Å². The maximum atomic E-state index is 13.5. The molecule has 2 aliphatic heterocycles. The maximum Gasteiger partial charge on any atom is 0.267 e. The summed E-state index contributed by atoms with van der Waals surface area (Å²) in [6.45, 7) is 7.20. The fourth-order valence-electron chi connectivity index (χ4n) is 4.14. The van der Waals surface area contributed by atoms with Crippen molar-refractivity contribution in [1.82, 2.24) is 14.3 Å². The lowest BCUT2D eigenvalue weighted by Crippen LogP contribution is -2.38. The molecule has 4 heterocycles. The van der Waals surface area contributed by atoms with E-state index in [9.17, 15) is 9.59 Å². The zero-order valence-corrected chi connectivity index (χ0v) is 20.8. The molecule has 0 unspecified atom stereocenters. The van der Waals surface area contributed by atoms with E-state index in [4.69, 9.17) is 21.9 Å². The fourth-order valence-corrected chi connectivity index (χ4v) is 5.43. The van der Waals surface area contributed by atoms with Gasteiger partial charge in [-0.2, -0.15) is 0 Å². The number of aryl methyl sites for hydroxylation is 1. The Hall–Kier alpha value is -2.23. The Kier molecular flexibility index (Phi) is 7.82. The lowest BCUT2D eigenvalue weighted by molar-refractivity contribution is -0.122. The molecule has 9 heteroatoms. The van der Waals surface area contributed by atoms with Crippen LogP contribution in [-0.4, -0.2) is 57.4 Å². The summed E-state index contributed by atoms with van der Waals surface area (Å²) in [5.41, 5.74) is 1.78. The molecule has 2 aromatic heterocycles. The summed E-state index contributed by atoms with van der Waals surface area (Å²) < 4.78 is 7.60. The molecule has 0 atom stereocenters. The van der Waals surface area contributed by atoms with Crippen molar-refractivity contribution in [1.29, 1.82) is 0 Å². The summed E-state index contributed by atoms with van der Waals surface area (Å²) in [4.78, 5) is 35.8. The van der Waals surface area contributed by atoms with Crippen molar-refractivity contribution in [3.8, 4) is 0 Å². The number of thioether (sulfide) groups is 1. The van der Waals surface area contributed by atoms with Gasteiger partial charge in [0, 0.05) is 25.8 Å². The largest absolute Gasteiger partial charge is 0.378 e. The number of fused-ring (bicyclic) bond motifs is 1. The minimum absolute atomic E-state index is 0.123. The van der Waals surface area contributed by atoms with Crippen molar-refractivity contribution in [3.05, 3.63) is 44.7 Å². The molecule has 0 spiro atoms. The van der Waals surface area contributed by atoms with Crippen LogP contribution >= 0.6 is 24.0 Å². The third kappa shape index (κ3) is 5.15. The molecule has 33 heavy (non-hydrogen) atoms. The van der Waals surface area contributed by atoms with Crippen molar-refractivity contribution in [2.24, 2.45) is 0 Å². The molecule has 2 aromatic rings. The number of rotatable bonds is 8. The first kappa shape index (κ1) is 23.9. The Labute approximate surface area is 203 Å². The highest BCUT2D eigenvalue weighted by atomic mass is 32.2. The van der Waals surface area contributed by atoms with Crippen LogP contribution in [-0.2, 0) is 9.53 Å². The number of aromatic nitrogens is 2. The van der Waals surface area contributed by atoms with Gasteiger partial charge in [-0.25, -0.2) is 4.98 Å². The van der Waals surface area contributed by atoms with Crippen LogP contribution in [0.25, 0.3) is 11.7 Å². The van der Waals surface area contributed by atoms with E-state index in [2.05, 4.69) is 11.8 Å². The molecular formula is C24H30N4O3S2. The van der Waals surface area contributed by atoms with Gasteiger partial charge in [0.25, 0.3) is 11.5 Å². The summed E-state index contributed by atoms with van der Waals surface area (Å²) in [7, 11) is 0. The second-order valence-corrected chi connectivity index (χ2v) is 10.1. The van der Waals surface area contributed by atoms with Gasteiger partial charge in [0.1, 0.15) is 15.8 Å². The lowest BCUT2D eigenvalue weighted by Gasteiger charge is -2.29. The van der Waals surface area contributed by atoms with Crippen molar-refractivity contribution in [2.75, 3.05) is 37.7 Å². The molecule has 0 aromatic carbocycles. The zero-order chi connectivity index (χ0) is 23.4. The van der Waals surface area contributed by atoms with Gasteiger partial charge in [0.2, 0.25) is 0 Å². The number of carbonyl (C=O) groups excluding carboxylic acids is 1. The number of anilines is 1. The quantitative estimate of drug-likeness (QED) is 0.317. The first-order chi connectivity index (χ1) is 16.0. The smallest absolute Gasteiger partial charge is 0.267 e. The van der Waals surface area contributed by atoms with Gasteiger partial charge >= 0.3 is 0 Å². The number of unbranched alkanes of at least 4 members (excludes halogenated alkanes) is 4. The summed E-state index contributed by atoms with van der Waals surface area (Å²) in [6, 6.07) is 3.78. The van der Waals surface area contributed by atoms with Gasteiger partial charge in [-0.05, 0) is 31.1 Å². The first-order valence-electron chi connectivity index (χ1n) is 11.6. The summed E-state index contributed by atoms with van der Waals surface area (Å²) >= 11 is 6.77. The molecule has 0 aliphatic carbocycles. The normalized spacial score (nSPS) is 18.2. The van der Waals surface area contributed by atoms with Crippen molar-refractivity contribution < 1.29 is 9.53 Å². The standard InChI is InChI=1S/C24H30N4O3S2/c1-3-4-5-6-7-10-28-23(30)19(33-24(28)32)16-18-21(26-12-14-31-15-13-26)25-20-17(2)9-8-11-27(20)22(18)29/h8-9,11,16H,3-7,10,12-15H2,1-2H3. The summed E-state index contributed by atoms with van der Waals surface area (Å²) in [6.07, 6.45) is 8.98. The van der Waals surface area contributed by atoms with Crippen LogP contribution < -0.4 is 10.5 Å². The minimum atomic E-state index is -0.185. The molecule has 7 nitrogen and oxygen atoms in total. The predicted octanol–water partition coefficient (Wildman–Crippen LogP) is 4.01. The van der Waals surface area contributed by atoms with Crippen LogP contribution in [0.15, 0.2) is 28.0 Å². The highest BCUT2D eigenvalue weighted by molar-refractivity contribution is 8.26. The number of nitrogens with zero attached hydrogens (tertiary/aromatic N) is 4. The van der Waals surface area contributed by atoms with Crippen LogP contribution in [0, 0.1) is 6.92 Å². The number of ether oxygens (including phenoxy) is 1. The molecule has 2 fully saturated rings. The van der Waals surface area contributed by atoms with E-state index in [1.165, 1.54) is 31.0 Å². The molecular weight excluding hydrogens is 456 g/mol. The number of hydrogen-bond acceptors (Lipinski definition) is 7. The van der Waals surface area contributed by atoms with Gasteiger partial charge in [-0.3, -0.25) is 18.9 Å². The van der Waals surface area contributed by atoms with Gasteiger partial charge in [-0.15, -0.1) is 0 Å². The van der Waals surface area contributed by atoms with Crippen molar-refractivity contribution >= 4 is 51.7 Å². The molecule has 0 radical (unpaired) electrons. The van der Waals surface area contributed by atoms with Crippen LogP contribution in [0.4, 0.5) is 5.82 Å². The summed E-state index contributed by atoms with van der Waals surface area (Å²) in [5, 5.41) is 0. The van der Waals surface area contributed by atoms with Gasteiger partial charge in [0.05, 0.1) is 23.7 Å². The number of thiocarbonyl (C=S) groups is 1. The SMILES string of the molecule is CCCCCCCN1C(=O)C(=Cc2c(N3CCOCC3)nc3c(C)cccn3c2=O)SC1=S. The molecule has 0 saturated carbocycles. The van der Waals surface area contributed by atoms with Gasteiger partial charge < -0.3 is 9.64 Å². The highest BCUT2D eigenvalue weighted by Gasteiger charge is 2.32. The monoisotopic (exact) mass is 486 g/mol. The average molecular weight is 487 g/mol. The average Bonchev–Trinajstić information content (AvgIpc) is 3.09.